The second-order valence-corrected chi connectivity index (χ2v) is 5.66. The SMILES string of the molecule is CCCn1c(CN)nnc1SCc1ccc(CC)cc1. The van der Waals surface area contributed by atoms with Gasteiger partial charge in [-0.15, -0.1) is 10.2 Å². The maximum atomic E-state index is 5.70. The van der Waals surface area contributed by atoms with Crippen LogP contribution in [0.5, 0.6) is 0 Å². The molecule has 0 aliphatic rings. The normalized spacial score (nSPS) is 10.9. The Balaban J connectivity index is 2.04. The maximum Gasteiger partial charge on any atom is 0.191 e. The van der Waals surface area contributed by atoms with Gasteiger partial charge in [0.2, 0.25) is 0 Å². The first-order chi connectivity index (χ1) is 9.78. The molecular weight excluding hydrogens is 268 g/mol. The Kier molecular flexibility index (Phi) is 5.61. The van der Waals surface area contributed by atoms with Crippen LogP contribution in [0.25, 0.3) is 0 Å². The van der Waals surface area contributed by atoms with Crippen LogP contribution in [0.1, 0.15) is 37.2 Å². The summed E-state index contributed by atoms with van der Waals surface area (Å²) in [6.45, 7) is 5.69. The molecule has 2 N–H and O–H groups in total. The number of hydrogen-bond acceptors (Lipinski definition) is 4. The summed E-state index contributed by atoms with van der Waals surface area (Å²) in [4.78, 5) is 0. The number of benzene rings is 1. The van der Waals surface area contributed by atoms with Crippen molar-refractivity contribution in [2.45, 2.75) is 50.7 Å². The van der Waals surface area contributed by atoms with E-state index in [-0.39, 0.29) is 0 Å². The highest BCUT2D eigenvalue weighted by Gasteiger charge is 2.10. The Labute approximate surface area is 124 Å². The molecule has 0 saturated heterocycles. The van der Waals surface area contributed by atoms with Gasteiger partial charge in [-0.1, -0.05) is 49.9 Å². The van der Waals surface area contributed by atoms with Gasteiger partial charge in [0.15, 0.2) is 5.16 Å². The number of rotatable bonds is 7. The fourth-order valence-corrected chi connectivity index (χ4v) is 2.98. The predicted octanol–water partition coefficient (Wildman–Crippen LogP) is 3.00. The summed E-state index contributed by atoms with van der Waals surface area (Å²) in [5.41, 5.74) is 8.39. The predicted molar refractivity (Wildman–Crippen MR) is 83.6 cm³/mol. The lowest BCUT2D eigenvalue weighted by atomic mass is 10.1. The molecule has 20 heavy (non-hydrogen) atoms. The average Bonchev–Trinajstić information content (AvgIpc) is 2.88. The molecule has 0 saturated carbocycles. The topological polar surface area (TPSA) is 56.7 Å². The van der Waals surface area contributed by atoms with E-state index >= 15 is 0 Å². The molecule has 0 aliphatic carbocycles. The Bertz CT molecular complexity index is 533. The first-order valence-electron chi connectivity index (χ1n) is 7.11. The second-order valence-electron chi connectivity index (χ2n) is 4.71. The minimum absolute atomic E-state index is 0.443. The summed E-state index contributed by atoms with van der Waals surface area (Å²) < 4.78 is 2.13. The van der Waals surface area contributed by atoms with Crippen LogP contribution in [0.2, 0.25) is 0 Å². The van der Waals surface area contributed by atoms with Crippen LogP contribution in [-0.2, 0) is 25.3 Å². The zero-order valence-electron chi connectivity index (χ0n) is 12.2. The molecule has 1 aromatic carbocycles. The van der Waals surface area contributed by atoms with Crippen molar-refractivity contribution in [3.63, 3.8) is 0 Å². The van der Waals surface area contributed by atoms with E-state index in [1.807, 2.05) is 0 Å². The molecule has 0 radical (unpaired) electrons. The second kappa shape index (κ2) is 7.45. The Hall–Kier alpha value is -1.33. The van der Waals surface area contributed by atoms with Gasteiger partial charge in [0.05, 0.1) is 6.54 Å². The zero-order valence-corrected chi connectivity index (χ0v) is 13.0. The van der Waals surface area contributed by atoms with E-state index in [0.717, 1.165) is 36.1 Å². The molecule has 108 valence electrons. The first-order valence-corrected chi connectivity index (χ1v) is 8.09. The summed E-state index contributed by atoms with van der Waals surface area (Å²) in [6, 6.07) is 8.77. The number of aryl methyl sites for hydroxylation is 1. The van der Waals surface area contributed by atoms with Crippen LogP contribution in [0, 0.1) is 0 Å². The molecule has 0 aliphatic heterocycles. The molecule has 0 amide bonds. The summed E-state index contributed by atoms with van der Waals surface area (Å²) in [5, 5.41) is 9.38. The number of aromatic nitrogens is 3. The lowest BCUT2D eigenvalue weighted by Crippen LogP contribution is -2.09. The molecule has 0 fully saturated rings. The summed E-state index contributed by atoms with van der Waals surface area (Å²) in [5.74, 6) is 1.78. The largest absolute Gasteiger partial charge is 0.324 e. The van der Waals surface area contributed by atoms with Crippen molar-refractivity contribution in [1.82, 2.24) is 14.8 Å². The average molecular weight is 290 g/mol. The minimum atomic E-state index is 0.443. The van der Waals surface area contributed by atoms with Gasteiger partial charge < -0.3 is 10.3 Å². The van der Waals surface area contributed by atoms with Crippen molar-refractivity contribution in [3.05, 3.63) is 41.2 Å². The van der Waals surface area contributed by atoms with E-state index in [1.54, 1.807) is 11.8 Å². The zero-order chi connectivity index (χ0) is 14.4. The highest BCUT2D eigenvalue weighted by Crippen LogP contribution is 2.22. The Morgan fingerprint density at radius 3 is 2.40 bits per heavy atom. The molecule has 2 rings (SSSR count). The quantitative estimate of drug-likeness (QED) is 0.796. The van der Waals surface area contributed by atoms with E-state index in [2.05, 4.69) is 52.9 Å². The Morgan fingerprint density at radius 1 is 1.10 bits per heavy atom. The van der Waals surface area contributed by atoms with Crippen molar-refractivity contribution in [3.8, 4) is 0 Å². The number of nitrogens with two attached hydrogens (primary N) is 1. The third-order valence-electron chi connectivity index (χ3n) is 3.22. The van der Waals surface area contributed by atoms with E-state index in [4.69, 9.17) is 5.73 Å². The van der Waals surface area contributed by atoms with E-state index in [9.17, 15) is 0 Å². The van der Waals surface area contributed by atoms with Gasteiger partial charge in [0.25, 0.3) is 0 Å². The smallest absolute Gasteiger partial charge is 0.191 e. The van der Waals surface area contributed by atoms with Crippen LogP contribution in [-0.4, -0.2) is 14.8 Å². The van der Waals surface area contributed by atoms with Crippen molar-refractivity contribution in [1.29, 1.82) is 0 Å². The van der Waals surface area contributed by atoms with Gasteiger partial charge in [0, 0.05) is 12.3 Å². The van der Waals surface area contributed by atoms with Crippen molar-refractivity contribution < 1.29 is 0 Å². The molecule has 1 heterocycles. The van der Waals surface area contributed by atoms with E-state index in [1.165, 1.54) is 11.1 Å². The molecule has 0 spiro atoms. The van der Waals surface area contributed by atoms with Gasteiger partial charge in [-0.05, 0) is 24.0 Å². The molecule has 4 nitrogen and oxygen atoms in total. The monoisotopic (exact) mass is 290 g/mol. The summed E-state index contributed by atoms with van der Waals surface area (Å²) >= 11 is 1.72. The molecule has 0 atom stereocenters. The number of nitrogens with zero attached hydrogens (tertiary/aromatic N) is 3. The van der Waals surface area contributed by atoms with Gasteiger partial charge >= 0.3 is 0 Å². The van der Waals surface area contributed by atoms with Crippen molar-refractivity contribution >= 4 is 11.8 Å². The summed E-state index contributed by atoms with van der Waals surface area (Å²) in [7, 11) is 0. The summed E-state index contributed by atoms with van der Waals surface area (Å²) in [6.07, 6.45) is 2.14. The molecule has 1 aromatic heterocycles. The van der Waals surface area contributed by atoms with Crippen LogP contribution < -0.4 is 5.73 Å². The maximum absolute atomic E-state index is 5.70. The van der Waals surface area contributed by atoms with Gasteiger partial charge in [-0.3, -0.25) is 0 Å². The molecule has 0 unspecified atom stereocenters. The highest BCUT2D eigenvalue weighted by molar-refractivity contribution is 7.98. The van der Waals surface area contributed by atoms with Gasteiger partial charge in [0.1, 0.15) is 5.82 Å². The molecular formula is C15H22N4S. The lowest BCUT2D eigenvalue weighted by molar-refractivity contribution is 0.592. The molecule has 5 heteroatoms. The van der Waals surface area contributed by atoms with Crippen LogP contribution in [0.3, 0.4) is 0 Å². The number of thioether (sulfide) groups is 1. The third kappa shape index (κ3) is 3.61. The molecule has 0 bridgehead atoms. The minimum Gasteiger partial charge on any atom is -0.324 e. The fraction of sp³-hybridized carbons (Fsp3) is 0.467. The van der Waals surface area contributed by atoms with Crippen LogP contribution in [0.15, 0.2) is 29.4 Å². The van der Waals surface area contributed by atoms with Gasteiger partial charge in [-0.2, -0.15) is 0 Å². The fourth-order valence-electron chi connectivity index (χ4n) is 2.04. The van der Waals surface area contributed by atoms with Crippen molar-refractivity contribution in [2.75, 3.05) is 0 Å². The Morgan fingerprint density at radius 2 is 1.80 bits per heavy atom. The van der Waals surface area contributed by atoms with Gasteiger partial charge in [-0.25, -0.2) is 0 Å². The number of hydrogen-bond donors (Lipinski definition) is 1. The lowest BCUT2D eigenvalue weighted by Gasteiger charge is -2.07. The highest BCUT2D eigenvalue weighted by atomic mass is 32.2. The van der Waals surface area contributed by atoms with Crippen LogP contribution >= 0.6 is 11.8 Å². The van der Waals surface area contributed by atoms with E-state index < -0.39 is 0 Å². The van der Waals surface area contributed by atoms with Crippen LogP contribution in [0.4, 0.5) is 0 Å². The first kappa shape index (κ1) is 15.1. The van der Waals surface area contributed by atoms with Crippen molar-refractivity contribution in [2.24, 2.45) is 5.73 Å². The molecule has 2 aromatic rings. The standard InChI is InChI=1S/C15H22N4S/c1-3-9-19-14(10-16)17-18-15(19)20-11-13-7-5-12(4-2)6-8-13/h5-8H,3-4,9-11,16H2,1-2H3. The third-order valence-corrected chi connectivity index (χ3v) is 4.26. The van der Waals surface area contributed by atoms with E-state index in [0.29, 0.717) is 6.54 Å².